The van der Waals surface area contributed by atoms with Gasteiger partial charge in [-0.2, -0.15) is 0 Å². The number of aromatic nitrogens is 2. The molecule has 0 aliphatic rings. The number of fused-ring (bicyclic) bond motifs is 1. The molecular formula is C13H10ClN3. The first-order valence-corrected chi connectivity index (χ1v) is 5.62. The lowest BCUT2D eigenvalue weighted by Gasteiger charge is -1.98. The van der Waals surface area contributed by atoms with E-state index in [2.05, 4.69) is 4.98 Å². The number of rotatable bonds is 1. The Balaban J connectivity index is 2.28. The number of nitrogens with two attached hydrogens (primary N) is 1. The van der Waals surface area contributed by atoms with E-state index in [4.69, 9.17) is 17.3 Å². The van der Waals surface area contributed by atoms with E-state index in [-0.39, 0.29) is 0 Å². The average Bonchev–Trinajstić information content (AvgIpc) is 2.67. The molecule has 3 rings (SSSR count). The maximum absolute atomic E-state index is 6.08. The van der Waals surface area contributed by atoms with Crippen molar-refractivity contribution in [2.24, 2.45) is 0 Å². The van der Waals surface area contributed by atoms with E-state index in [1.807, 2.05) is 40.9 Å². The fourth-order valence-electron chi connectivity index (χ4n) is 1.85. The van der Waals surface area contributed by atoms with Gasteiger partial charge in [-0.3, -0.25) is 4.40 Å². The molecule has 0 saturated heterocycles. The van der Waals surface area contributed by atoms with E-state index < -0.39 is 0 Å². The van der Waals surface area contributed by atoms with Crippen molar-refractivity contribution in [1.82, 2.24) is 9.38 Å². The fraction of sp³-hybridized carbons (Fsp3) is 0. The normalized spacial score (nSPS) is 10.9. The molecule has 3 nitrogen and oxygen atoms in total. The standard InChI is InChI=1S/C13H10ClN3/c14-10-6-7-17-11(8-10)16-12(13(17)15)9-4-2-1-3-5-9/h1-8H,15H2. The van der Waals surface area contributed by atoms with Gasteiger partial charge in [0, 0.05) is 22.8 Å². The molecule has 0 bridgehead atoms. The molecule has 0 saturated carbocycles. The van der Waals surface area contributed by atoms with E-state index >= 15 is 0 Å². The maximum Gasteiger partial charge on any atom is 0.140 e. The highest BCUT2D eigenvalue weighted by atomic mass is 35.5. The van der Waals surface area contributed by atoms with Gasteiger partial charge in [-0.15, -0.1) is 0 Å². The van der Waals surface area contributed by atoms with Gasteiger partial charge >= 0.3 is 0 Å². The van der Waals surface area contributed by atoms with Crippen molar-refractivity contribution in [2.75, 3.05) is 5.73 Å². The van der Waals surface area contributed by atoms with Crippen LogP contribution in [0.1, 0.15) is 0 Å². The average molecular weight is 244 g/mol. The van der Waals surface area contributed by atoms with Crippen LogP contribution in [0.15, 0.2) is 48.7 Å². The van der Waals surface area contributed by atoms with Gasteiger partial charge < -0.3 is 5.73 Å². The molecule has 2 N–H and O–H groups in total. The van der Waals surface area contributed by atoms with Crippen molar-refractivity contribution < 1.29 is 0 Å². The summed E-state index contributed by atoms with van der Waals surface area (Å²) in [6.45, 7) is 0. The second-order valence-electron chi connectivity index (χ2n) is 3.78. The Morgan fingerprint density at radius 2 is 1.88 bits per heavy atom. The van der Waals surface area contributed by atoms with Crippen molar-refractivity contribution >= 4 is 23.1 Å². The molecule has 4 heteroatoms. The van der Waals surface area contributed by atoms with Gasteiger partial charge in [0.05, 0.1) is 0 Å². The smallest absolute Gasteiger partial charge is 0.140 e. The molecule has 1 aromatic carbocycles. The van der Waals surface area contributed by atoms with Crippen LogP contribution in [0.4, 0.5) is 5.82 Å². The summed E-state index contributed by atoms with van der Waals surface area (Å²) in [5.74, 6) is 0.628. The third-order valence-corrected chi connectivity index (χ3v) is 2.91. The first-order valence-electron chi connectivity index (χ1n) is 5.24. The van der Waals surface area contributed by atoms with Crippen LogP contribution >= 0.6 is 11.6 Å². The van der Waals surface area contributed by atoms with Crippen molar-refractivity contribution in [3.8, 4) is 11.3 Å². The van der Waals surface area contributed by atoms with E-state index in [0.717, 1.165) is 16.9 Å². The van der Waals surface area contributed by atoms with Gasteiger partial charge in [0.25, 0.3) is 0 Å². The van der Waals surface area contributed by atoms with E-state index in [1.165, 1.54) is 0 Å². The number of nitrogen functional groups attached to an aromatic ring is 1. The van der Waals surface area contributed by atoms with E-state index in [9.17, 15) is 0 Å². The highest BCUT2D eigenvalue weighted by Crippen LogP contribution is 2.26. The van der Waals surface area contributed by atoms with Gasteiger partial charge in [-0.1, -0.05) is 41.9 Å². The molecule has 17 heavy (non-hydrogen) atoms. The molecule has 0 aliphatic carbocycles. The number of anilines is 1. The zero-order valence-corrected chi connectivity index (χ0v) is 9.72. The molecular weight excluding hydrogens is 234 g/mol. The largest absolute Gasteiger partial charge is 0.383 e. The van der Waals surface area contributed by atoms with Crippen molar-refractivity contribution in [1.29, 1.82) is 0 Å². The summed E-state index contributed by atoms with van der Waals surface area (Å²) in [7, 11) is 0. The molecule has 0 fully saturated rings. The minimum Gasteiger partial charge on any atom is -0.383 e. The maximum atomic E-state index is 6.08. The van der Waals surface area contributed by atoms with Crippen LogP contribution in [0.3, 0.4) is 0 Å². The summed E-state index contributed by atoms with van der Waals surface area (Å²) in [5.41, 5.74) is 8.63. The summed E-state index contributed by atoms with van der Waals surface area (Å²) in [4.78, 5) is 4.50. The Hall–Kier alpha value is -2.00. The van der Waals surface area contributed by atoms with Gasteiger partial charge in [0.2, 0.25) is 0 Å². The monoisotopic (exact) mass is 243 g/mol. The zero-order chi connectivity index (χ0) is 11.8. The van der Waals surface area contributed by atoms with Crippen LogP contribution in [0, 0.1) is 0 Å². The SMILES string of the molecule is Nc1c(-c2ccccc2)nc2cc(Cl)ccn12. The number of nitrogens with zero attached hydrogens (tertiary/aromatic N) is 2. The second-order valence-corrected chi connectivity index (χ2v) is 4.22. The third kappa shape index (κ3) is 1.65. The lowest BCUT2D eigenvalue weighted by molar-refractivity contribution is 1.20. The molecule has 2 aromatic heterocycles. The van der Waals surface area contributed by atoms with Crippen LogP contribution < -0.4 is 5.73 Å². The predicted molar refractivity (Wildman–Crippen MR) is 70.1 cm³/mol. The Morgan fingerprint density at radius 3 is 2.65 bits per heavy atom. The first kappa shape index (κ1) is 10.2. The molecule has 0 unspecified atom stereocenters. The van der Waals surface area contributed by atoms with Crippen LogP contribution in [-0.4, -0.2) is 9.38 Å². The quantitative estimate of drug-likeness (QED) is 0.713. The van der Waals surface area contributed by atoms with E-state index in [1.54, 1.807) is 12.1 Å². The van der Waals surface area contributed by atoms with Crippen molar-refractivity contribution in [2.45, 2.75) is 0 Å². The molecule has 84 valence electrons. The Bertz CT molecular complexity index is 674. The van der Waals surface area contributed by atoms with Crippen LogP contribution in [0.25, 0.3) is 16.9 Å². The van der Waals surface area contributed by atoms with E-state index in [0.29, 0.717) is 10.8 Å². The molecule has 2 heterocycles. The molecule has 0 aliphatic heterocycles. The topological polar surface area (TPSA) is 43.3 Å². The predicted octanol–water partition coefficient (Wildman–Crippen LogP) is 3.24. The number of pyridine rings is 1. The summed E-state index contributed by atoms with van der Waals surface area (Å²) in [6, 6.07) is 13.5. The van der Waals surface area contributed by atoms with Gasteiger partial charge in [0.15, 0.2) is 0 Å². The lowest BCUT2D eigenvalue weighted by atomic mass is 10.1. The summed E-state index contributed by atoms with van der Waals surface area (Å²) >= 11 is 5.93. The summed E-state index contributed by atoms with van der Waals surface area (Å²) in [5, 5.41) is 0.655. The first-order chi connectivity index (χ1) is 8.25. The number of imidazole rings is 1. The number of hydrogen-bond acceptors (Lipinski definition) is 2. The number of hydrogen-bond donors (Lipinski definition) is 1. The number of benzene rings is 1. The fourth-order valence-corrected chi connectivity index (χ4v) is 2.00. The Labute approximate surface area is 103 Å². The summed E-state index contributed by atoms with van der Waals surface area (Å²) in [6.07, 6.45) is 1.83. The molecule has 0 amide bonds. The zero-order valence-electron chi connectivity index (χ0n) is 8.97. The minimum atomic E-state index is 0.628. The Morgan fingerprint density at radius 1 is 1.12 bits per heavy atom. The van der Waals surface area contributed by atoms with Gasteiger partial charge in [-0.25, -0.2) is 4.98 Å². The van der Waals surface area contributed by atoms with Gasteiger partial charge in [0.1, 0.15) is 17.2 Å². The molecule has 0 atom stereocenters. The second kappa shape index (κ2) is 3.79. The van der Waals surface area contributed by atoms with Gasteiger partial charge in [-0.05, 0) is 6.07 Å². The molecule has 3 aromatic rings. The molecule has 0 radical (unpaired) electrons. The van der Waals surface area contributed by atoms with Crippen LogP contribution in [0.2, 0.25) is 5.02 Å². The summed E-state index contributed by atoms with van der Waals surface area (Å²) < 4.78 is 1.83. The van der Waals surface area contributed by atoms with Crippen molar-refractivity contribution in [3.63, 3.8) is 0 Å². The highest BCUT2D eigenvalue weighted by molar-refractivity contribution is 6.30. The lowest BCUT2D eigenvalue weighted by Crippen LogP contribution is -1.93. The highest BCUT2D eigenvalue weighted by Gasteiger charge is 2.10. The van der Waals surface area contributed by atoms with Crippen LogP contribution in [-0.2, 0) is 0 Å². The number of halogens is 1. The Kier molecular flexibility index (Phi) is 2.27. The molecule has 0 spiro atoms. The minimum absolute atomic E-state index is 0.628. The van der Waals surface area contributed by atoms with Crippen LogP contribution in [0.5, 0.6) is 0 Å². The third-order valence-electron chi connectivity index (χ3n) is 2.67. The van der Waals surface area contributed by atoms with Crippen molar-refractivity contribution in [3.05, 3.63) is 53.7 Å².